The number of carbonyl (C=O) groups is 1. The maximum atomic E-state index is 12.3. The Hall–Kier alpha value is -2.47. The van der Waals surface area contributed by atoms with Crippen LogP contribution in [0, 0.1) is 0 Å². The van der Waals surface area contributed by atoms with Crippen molar-refractivity contribution in [1.29, 1.82) is 0 Å². The fourth-order valence-corrected chi connectivity index (χ4v) is 2.82. The number of methoxy groups -OCH3 is 1. The SMILES string of the molecule is COc1ccc(N2CCN(C(=O)CNCc3ccco3)CC2)cc1. The molecule has 0 atom stereocenters. The van der Waals surface area contributed by atoms with Crippen LogP contribution in [0.25, 0.3) is 0 Å². The topological polar surface area (TPSA) is 58.0 Å². The normalized spacial score (nSPS) is 14.7. The van der Waals surface area contributed by atoms with E-state index >= 15 is 0 Å². The zero-order valence-corrected chi connectivity index (χ0v) is 13.9. The molecule has 2 heterocycles. The van der Waals surface area contributed by atoms with E-state index in [9.17, 15) is 4.79 Å². The fraction of sp³-hybridized carbons (Fsp3) is 0.389. The second kappa shape index (κ2) is 7.88. The van der Waals surface area contributed by atoms with Crippen molar-refractivity contribution in [3.63, 3.8) is 0 Å². The number of hydrogen-bond acceptors (Lipinski definition) is 5. The number of nitrogens with zero attached hydrogens (tertiary/aromatic N) is 2. The largest absolute Gasteiger partial charge is 0.497 e. The van der Waals surface area contributed by atoms with Gasteiger partial charge in [0.15, 0.2) is 0 Å². The average molecular weight is 329 g/mol. The lowest BCUT2D eigenvalue weighted by atomic mass is 10.2. The van der Waals surface area contributed by atoms with Gasteiger partial charge in [0.25, 0.3) is 0 Å². The number of carbonyl (C=O) groups excluding carboxylic acids is 1. The van der Waals surface area contributed by atoms with Gasteiger partial charge in [-0.15, -0.1) is 0 Å². The van der Waals surface area contributed by atoms with Crippen LogP contribution in [0.4, 0.5) is 5.69 Å². The Morgan fingerprint density at radius 2 is 1.92 bits per heavy atom. The molecule has 3 rings (SSSR count). The Labute approximate surface area is 142 Å². The minimum absolute atomic E-state index is 0.135. The van der Waals surface area contributed by atoms with Gasteiger partial charge in [0.2, 0.25) is 5.91 Å². The lowest BCUT2D eigenvalue weighted by Crippen LogP contribution is -2.50. The van der Waals surface area contributed by atoms with Gasteiger partial charge in [0, 0.05) is 31.9 Å². The van der Waals surface area contributed by atoms with Gasteiger partial charge in [-0.25, -0.2) is 0 Å². The van der Waals surface area contributed by atoms with Crippen molar-refractivity contribution in [2.24, 2.45) is 0 Å². The second-order valence-electron chi connectivity index (χ2n) is 5.75. The van der Waals surface area contributed by atoms with Crippen molar-refractivity contribution in [3.8, 4) is 5.75 Å². The molecular weight excluding hydrogens is 306 g/mol. The lowest BCUT2D eigenvalue weighted by Gasteiger charge is -2.36. The summed E-state index contributed by atoms with van der Waals surface area (Å²) in [5.41, 5.74) is 1.17. The van der Waals surface area contributed by atoms with E-state index in [1.54, 1.807) is 13.4 Å². The van der Waals surface area contributed by atoms with Crippen LogP contribution in [0.15, 0.2) is 47.1 Å². The van der Waals surface area contributed by atoms with Crippen LogP contribution < -0.4 is 15.0 Å². The first kappa shape index (κ1) is 16.4. The van der Waals surface area contributed by atoms with Crippen molar-refractivity contribution in [1.82, 2.24) is 10.2 Å². The minimum atomic E-state index is 0.135. The van der Waals surface area contributed by atoms with Crippen molar-refractivity contribution >= 4 is 11.6 Å². The molecule has 0 saturated carbocycles. The second-order valence-corrected chi connectivity index (χ2v) is 5.75. The third kappa shape index (κ3) is 4.08. The fourth-order valence-electron chi connectivity index (χ4n) is 2.82. The summed E-state index contributed by atoms with van der Waals surface area (Å²) in [5.74, 6) is 1.83. The zero-order chi connectivity index (χ0) is 16.8. The van der Waals surface area contributed by atoms with Gasteiger partial charge < -0.3 is 24.3 Å². The highest BCUT2D eigenvalue weighted by Crippen LogP contribution is 2.20. The summed E-state index contributed by atoms with van der Waals surface area (Å²) in [4.78, 5) is 16.5. The Morgan fingerprint density at radius 1 is 1.17 bits per heavy atom. The molecule has 6 heteroatoms. The predicted molar refractivity (Wildman–Crippen MR) is 92.2 cm³/mol. The molecule has 0 radical (unpaired) electrons. The number of benzene rings is 1. The number of rotatable bonds is 6. The first-order valence-electron chi connectivity index (χ1n) is 8.16. The summed E-state index contributed by atoms with van der Waals surface area (Å²) in [7, 11) is 1.67. The number of hydrogen-bond donors (Lipinski definition) is 1. The van der Waals surface area contributed by atoms with Crippen LogP contribution in [-0.2, 0) is 11.3 Å². The van der Waals surface area contributed by atoms with Crippen molar-refractivity contribution < 1.29 is 13.9 Å². The van der Waals surface area contributed by atoms with Crippen molar-refractivity contribution in [3.05, 3.63) is 48.4 Å². The van der Waals surface area contributed by atoms with Crippen LogP contribution in [-0.4, -0.2) is 50.6 Å². The van der Waals surface area contributed by atoms with Gasteiger partial charge in [-0.2, -0.15) is 0 Å². The lowest BCUT2D eigenvalue weighted by molar-refractivity contribution is -0.130. The molecule has 2 aromatic rings. The smallest absolute Gasteiger partial charge is 0.236 e. The van der Waals surface area contributed by atoms with Gasteiger partial charge >= 0.3 is 0 Å². The monoisotopic (exact) mass is 329 g/mol. The van der Waals surface area contributed by atoms with E-state index in [1.165, 1.54) is 5.69 Å². The molecule has 6 nitrogen and oxygen atoms in total. The molecule has 1 aromatic heterocycles. The van der Waals surface area contributed by atoms with Crippen LogP contribution in [0.1, 0.15) is 5.76 Å². The van der Waals surface area contributed by atoms with Gasteiger partial charge in [-0.05, 0) is 36.4 Å². The van der Waals surface area contributed by atoms with Gasteiger partial charge in [0.05, 0.1) is 26.5 Å². The van der Waals surface area contributed by atoms with E-state index < -0.39 is 0 Å². The molecule has 1 aliphatic heterocycles. The molecule has 0 aliphatic carbocycles. The molecule has 1 aromatic carbocycles. The van der Waals surface area contributed by atoms with E-state index in [4.69, 9.17) is 9.15 Å². The number of nitrogens with one attached hydrogen (secondary N) is 1. The number of piperazine rings is 1. The van der Waals surface area contributed by atoms with Crippen molar-refractivity contribution in [2.75, 3.05) is 44.7 Å². The number of ether oxygens (including phenoxy) is 1. The minimum Gasteiger partial charge on any atom is -0.497 e. The van der Waals surface area contributed by atoms with Crippen LogP contribution in [0.2, 0.25) is 0 Å². The molecule has 0 bridgehead atoms. The van der Waals surface area contributed by atoms with Crippen molar-refractivity contribution in [2.45, 2.75) is 6.54 Å². The Bertz CT molecular complexity index is 632. The summed E-state index contributed by atoms with van der Waals surface area (Å²) in [6.07, 6.45) is 1.64. The van der Waals surface area contributed by atoms with Crippen LogP contribution in [0.5, 0.6) is 5.75 Å². The van der Waals surface area contributed by atoms with E-state index in [-0.39, 0.29) is 5.91 Å². The Kier molecular flexibility index (Phi) is 5.38. The predicted octanol–water partition coefficient (Wildman–Crippen LogP) is 1.73. The van der Waals surface area contributed by atoms with Gasteiger partial charge in [-0.1, -0.05) is 0 Å². The molecule has 1 fully saturated rings. The molecule has 1 aliphatic rings. The maximum Gasteiger partial charge on any atom is 0.236 e. The molecule has 24 heavy (non-hydrogen) atoms. The summed E-state index contributed by atoms with van der Waals surface area (Å²) in [6, 6.07) is 11.8. The first-order chi connectivity index (χ1) is 11.8. The van der Waals surface area contributed by atoms with Gasteiger partial charge in [0.1, 0.15) is 11.5 Å². The molecule has 0 unspecified atom stereocenters. The quantitative estimate of drug-likeness (QED) is 0.875. The summed E-state index contributed by atoms with van der Waals surface area (Å²) < 4.78 is 10.4. The Balaban J connectivity index is 1.43. The molecule has 1 amide bonds. The summed E-state index contributed by atoms with van der Waals surface area (Å²) in [5, 5.41) is 3.13. The molecule has 1 N–H and O–H groups in total. The van der Waals surface area contributed by atoms with E-state index in [1.807, 2.05) is 29.2 Å². The van der Waals surface area contributed by atoms with Crippen LogP contribution >= 0.6 is 0 Å². The molecule has 1 saturated heterocycles. The molecular formula is C18H23N3O3. The maximum absolute atomic E-state index is 12.3. The molecule has 128 valence electrons. The average Bonchev–Trinajstić information content (AvgIpc) is 3.15. The highest BCUT2D eigenvalue weighted by Gasteiger charge is 2.21. The number of amides is 1. The standard InChI is InChI=1S/C18H23N3O3/c1-23-16-6-4-15(5-7-16)20-8-10-21(11-9-20)18(22)14-19-13-17-3-2-12-24-17/h2-7,12,19H,8-11,13-14H2,1H3. The number of furan rings is 1. The van der Waals surface area contributed by atoms with E-state index in [0.717, 1.165) is 37.7 Å². The highest BCUT2D eigenvalue weighted by molar-refractivity contribution is 5.78. The van der Waals surface area contributed by atoms with E-state index in [2.05, 4.69) is 22.3 Å². The van der Waals surface area contributed by atoms with Gasteiger partial charge in [-0.3, -0.25) is 4.79 Å². The van der Waals surface area contributed by atoms with Crippen LogP contribution in [0.3, 0.4) is 0 Å². The third-order valence-electron chi connectivity index (χ3n) is 4.23. The third-order valence-corrected chi connectivity index (χ3v) is 4.23. The summed E-state index contributed by atoms with van der Waals surface area (Å²) in [6.45, 7) is 4.08. The first-order valence-corrected chi connectivity index (χ1v) is 8.16. The summed E-state index contributed by atoms with van der Waals surface area (Å²) >= 11 is 0. The molecule has 0 spiro atoms. The Morgan fingerprint density at radius 3 is 2.54 bits per heavy atom. The zero-order valence-electron chi connectivity index (χ0n) is 13.9. The number of anilines is 1. The van der Waals surface area contributed by atoms with E-state index in [0.29, 0.717) is 13.1 Å². The highest BCUT2D eigenvalue weighted by atomic mass is 16.5.